The van der Waals surface area contributed by atoms with Gasteiger partial charge in [-0.25, -0.2) is 0 Å². The Bertz CT molecular complexity index is 334. The highest BCUT2D eigenvalue weighted by Gasteiger charge is 2.01. The summed E-state index contributed by atoms with van der Waals surface area (Å²) in [4.78, 5) is 0. The van der Waals surface area contributed by atoms with Crippen LogP contribution in [0.25, 0.3) is 0 Å². The molecule has 0 saturated carbocycles. The number of benzene rings is 1. The SMILES string of the molecule is COCCOCCCOc1cc(N)ccc1Br. The van der Waals surface area contributed by atoms with E-state index in [4.69, 9.17) is 19.9 Å². The van der Waals surface area contributed by atoms with Gasteiger partial charge in [0, 0.05) is 31.9 Å². The fourth-order valence-corrected chi connectivity index (χ4v) is 1.58. The average molecular weight is 304 g/mol. The Morgan fingerprint density at radius 3 is 2.76 bits per heavy atom. The second-order valence-corrected chi connectivity index (χ2v) is 4.35. The number of hydrogen-bond acceptors (Lipinski definition) is 4. The Labute approximate surface area is 110 Å². The van der Waals surface area contributed by atoms with Crippen molar-refractivity contribution in [3.63, 3.8) is 0 Å². The number of nitrogens with two attached hydrogens (primary N) is 1. The highest BCUT2D eigenvalue weighted by Crippen LogP contribution is 2.26. The molecule has 0 amide bonds. The molecule has 4 nitrogen and oxygen atoms in total. The van der Waals surface area contributed by atoms with E-state index < -0.39 is 0 Å². The van der Waals surface area contributed by atoms with Gasteiger partial charge in [-0.1, -0.05) is 0 Å². The number of hydrogen-bond donors (Lipinski definition) is 1. The first-order valence-corrected chi connectivity index (χ1v) is 6.28. The Kier molecular flexibility index (Phi) is 7.00. The van der Waals surface area contributed by atoms with Crippen molar-refractivity contribution in [3.8, 4) is 5.75 Å². The van der Waals surface area contributed by atoms with E-state index in [1.54, 1.807) is 13.2 Å². The van der Waals surface area contributed by atoms with Gasteiger partial charge in [-0.15, -0.1) is 0 Å². The molecule has 2 N–H and O–H groups in total. The van der Waals surface area contributed by atoms with E-state index in [2.05, 4.69) is 15.9 Å². The van der Waals surface area contributed by atoms with Crippen LogP contribution in [0.5, 0.6) is 5.75 Å². The van der Waals surface area contributed by atoms with E-state index in [-0.39, 0.29) is 0 Å². The van der Waals surface area contributed by atoms with Gasteiger partial charge in [0.2, 0.25) is 0 Å². The molecule has 0 heterocycles. The first kappa shape index (κ1) is 14.3. The van der Waals surface area contributed by atoms with Crippen molar-refractivity contribution in [1.82, 2.24) is 0 Å². The summed E-state index contributed by atoms with van der Waals surface area (Å²) >= 11 is 3.41. The molecule has 0 aliphatic heterocycles. The van der Waals surface area contributed by atoms with Crippen LogP contribution in [0.3, 0.4) is 0 Å². The van der Waals surface area contributed by atoms with Crippen molar-refractivity contribution in [2.24, 2.45) is 0 Å². The fraction of sp³-hybridized carbons (Fsp3) is 0.500. The maximum atomic E-state index is 5.67. The van der Waals surface area contributed by atoms with Crippen LogP contribution >= 0.6 is 15.9 Å². The molecule has 0 spiro atoms. The lowest BCUT2D eigenvalue weighted by atomic mass is 10.3. The van der Waals surface area contributed by atoms with Crippen LogP contribution in [0, 0.1) is 0 Å². The Hall–Kier alpha value is -0.780. The summed E-state index contributed by atoms with van der Waals surface area (Å²) in [6.45, 7) is 2.53. The lowest BCUT2D eigenvalue weighted by molar-refractivity contribution is 0.0644. The van der Waals surface area contributed by atoms with Gasteiger partial charge in [-0.05, 0) is 28.1 Å². The van der Waals surface area contributed by atoms with Crippen LogP contribution in [0.1, 0.15) is 6.42 Å². The molecule has 0 radical (unpaired) electrons. The summed E-state index contributed by atoms with van der Waals surface area (Å²) in [6, 6.07) is 5.50. The summed E-state index contributed by atoms with van der Waals surface area (Å²) in [5, 5.41) is 0. The molecule has 0 atom stereocenters. The first-order chi connectivity index (χ1) is 8.24. The molecule has 0 aliphatic rings. The van der Waals surface area contributed by atoms with Crippen molar-refractivity contribution in [2.45, 2.75) is 6.42 Å². The number of ether oxygens (including phenoxy) is 3. The minimum absolute atomic E-state index is 0.606. The molecular formula is C12H18BrNO3. The van der Waals surface area contributed by atoms with E-state index in [0.717, 1.165) is 16.6 Å². The van der Waals surface area contributed by atoms with Gasteiger partial charge < -0.3 is 19.9 Å². The number of nitrogen functional groups attached to an aromatic ring is 1. The number of rotatable bonds is 8. The standard InChI is InChI=1S/C12H18BrNO3/c1-15-7-8-16-5-2-6-17-12-9-10(14)3-4-11(12)13/h3-4,9H,2,5-8,14H2,1H3. The van der Waals surface area contributed by atoms with Crippen molar-refractivity contribution < 1.29 is 14.2 Å². The van der Waals surface area contributed by atoms with E-state index in [0.29, 0.717) is 32.1 Å². The molecule has 1 aromatic rings. The van der Waals surface area contributed by atoms with Crippen molar-refractivity contribution in [1.29, 1.82) is 0 Å². The second kappa shape index (κ2) is 8.33. The molecule has 0 fully saturated rings. The number of methoxy groups -OCH3 is 1. The van der Waals surface area contributed by atoms with E-state index >= 15 is 0 Å². The van der Waals surface area contributed by atoms with Gasteiger partial charge in [0.25, 0.3) is 0 Å². The number of anilines is 1. The zero-order valence-electron chi connectivity index (χ0n) is 9.95. The highest BCUT2D eigenvalue weighted by molar-refractivity contribution is 9.10. The molecule has 0 bridgehead atoms. The quantitative estimate of drug-likeness (QED) is 0.592. The van der Waals surface area contributed by atoms with Gasteiger partial charge in [-0.2, -0.15) is 0 Å². The Morgan fingerprint density at radius 2 is 2.00 bits per heavy atom. The van der Waals surface area contributed by atoms with Crippen LogP contribution < -0.4 is 10.5 Å². The average Bonchev–Trinajstić information content (AvgIpc) is 2.32. The van der Waals surface area contributed by atoms with Gasteiger partial charge >= 0.3 is 0 Å². The highest BCUT2D eigenvalue weighted by atomic mass is 79.9. The lowest BCUT2D eigenvalue weighted by Crippen LogP contribution is -2.07. The third kappa shape index (κ3) is 5.91. The predicted octanol–water partition coefficient (Wildman–Crippen LogP) is 2.46. The van der Waals surface area contributed by atoms with Crippen LogP contribution in [-0.4, -0.2) is 33.5 Å². The molecule has 0 unspecified atom stereocenters. The molecule has 0 aromatic heterocycles. The minimum Gasteiger partial charge on any atom is -0.492 e. The maximum Gasteiger partial charge on any atom is 0.135 e. The first-order valence-electron chi connectivity index (χ1n) is 5.48. The molecule has 5 heteroatoms. The van der Waals surface area contributed by atoms with Gasteiger partial charge in [0.1, 0.15) is 5.75 Å². The molecule has 0 aliphatic carbocycles. The summed E-state index contributed by atoms with van der Waals surface area (Å²) in [7, 11) is 1.66. The van der Waals surface area contributed by atoms with Crippen molar-refractivity contribution in [2.75, 3.05) is 39.3 Å². The van der Waals surface area contributed by atoms with Crippen LogP contribution in [0.15, 0.2) is 22.7 Å². The van der Waals surface area contributed by atoms with E-state index in [1.807, 2.05) is 12.1 Å². The maximum absolute atomic E-state index is 5.67. The van der Waals surface area contributed by atoms with Crippen molar-refractivity contribution >= 4 is 21.6 Å². The predicted molar refractivity (Wildman–Crippen MR) is 71.4 cm³/mol. The van der Waals surface area contributed by atoms with Crippen LogP contribution in [-0.2, 0) is 9.47 Å². The van der Waals surface area contributed by atoms with Crippen LogP contribution in [0.4, 0.5) is 5.69 Å². The zero-order chi connectivity index (χ0) is 12.5. The number of halogens is 1. The largest absolute Gasteiger partial charge is 0.492 e. The third-order valence-corrected chi connectivity index (χ3v) is 2.73. The Balaban J connectivity index is 2.15. The minimum atomic E-state index is 0.606. The molecule has 1 rings (SSSR count). The summed E-state index contributed by atoms with van der Waals surface area (Å²) in [6.07, 6.45) is 0.838. The molecule has 1 aromatic carbocycles. The monoisotopic (exact) mass is 303 g/mol. The van der Waals surface area contributed by atoms with E-state index in [9.17, 15) is 0 Å². The van der Waals surface area contributed by atoms with Gasteiger partial charge in [0.05, 0.1) is 24.3 Å². The summed E-state index contributed by atoms with van der Waals surface area (Å²) < 4.78 is 16.7. The fourth-order valence-electron chi connectivity index (χ4n) is 1.22. The van der Waals surface area contributed by atoms with Crippen LogP contribution in [0.2, 0.25) is 0 Å². The zero-order valence-corrected chi connectivity index (χ0v) is 11.5. The molecule has 96 valence electrons. The summed E-state index contributed by atoms with van der Waals surface area (Å²) in [5.41, 5.74) is 6.37. The van der Waals surface area contributed by atoms with E-state index in [1.165, 1.54) is 0 Å². The van der Waals surface area contributed by atoms with Crippen molar-refractivity contribution in [3.05, 3.63) is 22.7 Å². The van der Waals surface area contributed by atoms with Gasteiger partial charge in [0.15, 0.2) is 0 Å². The molecule has 17 heavy (non-hydrogen) atoms. The second-order valence-electron chi connectivity index (χ2n) is 3.50. The Morgan fingerprint density at radius 1 is 1.18 bits per heavy atom. The molecular weight excluding hydrogens is 286 g/mol. The molecule has 0 saturated heterocycles. The smallest absolute Gasteiger partial charge is 0.135 e. The normalized spacial score (nSPS) is 10.5. The lowest BCUT2D eigenvalue weighted by Gasteiger charge is -2.09. The topological polar surface area (TPSA) is 53.7 Å². The van der Waals surface area contributed by atoms with Gasteiger partial charge in [-0.3, -0.25) is 0 Å². The third-order valence-electron chi connectivity index (χ3n) is 2.08. The summed E-state index contributed by atoms with van der Waals surface area (Å²) in [5.74, 6) is 0.766.